The van der Waals surface area contributed by atoms with Gasteiger partial charge in [0, 0.05) is 0 Å². The normalized spacial score (nSPS) is 14.1. The molecule has 0 nitrogen and oxygen atoms in total. The first-order valence-corrected chi connectivity index (χ1v) is 6.33. The third kappa shape index (κ3) is 9.83. The first-order chi connectivity index (χ1) is 6.66. The number of hydrogen-bond donors (Lipinski definition) is 0. The van der Waals surface area contributed by atoms with Gasteiger partial charge in [-0.15, -0.1) is 0 Å². The van der Waals surface area contributed by atoms with E-state index in [9.17, 15) is 0 Å². The lowest BCUT2D eigenvalue weighted by Gasteiger charge is -2.05. The summed E-state index contributed by atoms with van der Waals surface area (Å²) in [7, 11) is 0. The number of hydrogen-bond acceptors (Lipinski definition) is 0. The van der Waals surface area contributed by atoms with Crippen LogP contribution in [0.15, 0.2) is 12.2 Å². The lowest BCUT2D eigenvalue weighted by atomic mass is 10.0. The van der Waals surface area contributed by atoms with Gasteiger partial charge < -0.3 is 0 Å². The van der Waals surface area contributed by atoms with Crippen LogP contribution in [0.4, 0.5) is 0 Å². The van der Waals surface area contributed by atoms with Crippen LogP contribution in [0, 0.1) is 11.8 Å². The highest BCUT2D eigenvalue weighted by Gasteiger charge is 1.96. The maximum absolute atomic E-state index is 2.40. The van der Waals surface area contributed by atoms with Crippen molar-refractivity contribution in [3.63, 3.8) is 0 Å². The Labute approximate surface area is 90.8 Å². The number of allylic oxidation sites excluding steroid dienone is 2. The van der Waals surface area contributed by atoms with Crippen LogP contribution in [-0.4, -0.2) is 0 Å². The Morgan fingerprint density at radius 2 is 1.71 bits per heavy atom. The van der Waals surface area contributed by atoms with Crippen LogP contribution >= 0.6 is 0 Å². The van der Waals surface area contributed by atoms with Crippen molar-refractivity contribution in [1.29, 1.82) is 0 Å². The number of rotatable bonds is 8. The van der Waals surface area contributed by atoms with Crippen molar-refractivity contribution in [2.24, 2.45) is 11.8 Å². The summed E-state index contributed by atoms with van der Waals surface area (Å²) in [5.41, 5.74) is 0. The third-order valence-corrected chi connectivity index (χ3v) is 2.64. The minimum atomic E-state index is 0.786. The molecular formula is C14H28. The van der Waals surface area contributed by atoms with Gasteiger partial charge in [-0.1, -0.05) is 59.1 Å². The molecule has 0 aliphatic carbocycles. The molecule has 0 aromatic rings. The van der Waals surface area contributed by atoms with Gasteiger partial charge in [0.15, 0.2) is 0 Å². The molecule has 0 saturated carbocycles. The predicted octanol–water partition coefficient (Wildman–Crippen LogP) is 5.20. The molecule has 0 N–H and O–H groups in total. The SMILES string of the molecule is CCCCCC(C)C=CCCC(C)C. The fraction of sp³-hybridized carbons (Fsp3) is 0.857. The van der Waals surface area contributed by atoms with Crippen molar-refractivity contribution >= 4 is 0 Å². The molecule has 0 aromatic heterocycles. The van der Waals surface area contributed by atoms with Crippen LogP contribution in [0.3, 0.4) is 0 Å². The Morgan fingerprint density at radius 3 is 2.29 bits per heavy atom. The smallest absolute Gasteiger partial charge is 0.0262 e. The van der Waals surface area contributed by atoms with Gasteiger partial charge in [0.25, 0.3) is 0 Å². The molecule has 1 atom stereocenters. The molecule has 0 radical (unpaired) electrons. The minimum absolute atomic E-state index is 0.786. The molecule has 0 aliphatic heterocycles. The monoisotopic (exact) mass is 196 g/mol. The zero-order chi connectivity index (χ0) is 10.8. The van der Waals surface area contributed by atoms with Crippen molar-refractivity contribution in [3.8, 4) is 0 Å². The average molecular weight is 196 g/mol. The quantitative estimate of drug-likeness (QED) is 0.370. The molecule has 0 amide bonds. The molecule has 0 aliphatic rings. The molecule has 0 rings (SSSR count). The minimum Gasteiger partial charge on any atom is -0.0883 e. The Bertz CT molecular complexity index is 133. The van der Waals surface area contributed by atoms with Crippen LogP contribution in [0.25, 0.3) is 0 Å². The second kappa shape index (κ2) is 9.30. The van der Waals surface area contributed by atoms with Crippen molar-refractivity contribution in [3.05, 3.63) is 12.2 Å². The van der Waals surface area contributed by atoms with Crippen molar-refractivity contribution in [2.75, 3.05) is 0 Å². The van der Waals surface area contributed by atoms with Crippen LogP contribution in [0.1, 0.15) is 66.2 Å². The summed E-state index contributed by atoms with van der Waals surface area (Å²) in [4.78, 5) is 0. The van der Waals surface area contributed by atoms with Crippen LogP contribution in [-0.2, 0) is 0 Å². The summed E-state index contributed by atoms with van der Waals surface area (Å²) in [6.07, 6.45) is 12.9. The standard InChI is InChI=1S/C14H28/c1-5-6-7-11-14(4)12-9-8-10-13(2)3/h9,12-14H,5-8,10-11H2,1-4H3. The summed E-state index contributed by atoms with van der Waals surface area (Å²) in [6, 6.07) is 0. The van der Waals surface area contributed by atoms with Gasteiger partial charge in [0.2, 0.25) is 0 Å². The van der Waals surface area contributed by atoms with E-state index >= 15 is 0 Å². The summed E-state index contributed by atoms with van der Waals surface area (Å²) in [6.45, 7) is 9.18. The van der Waals surface area contributed by atoms with Crippen LogP contribution in [0.2, 0.25) is 0 Å². The van der Waals surface area contributed by atoms with Gasteiger partial charge in [-0.2, -0.15) is 0 Å². The van der Waals surface area contributed by atoms with E-state index in [0.29, 0.717) is 0 Å². The van der Waals surface area contributed by atoms with E-state index < -0.39 is 0 Å². The van der Waals surface area contributed by atoms with E-state index in [1.807, 2.05) is 0 Å². The van der Waals surface area contributed by atoms with Gasteiger partial charge in [-0.05, 0) is 31.1 Å². The van der Waals surface area contributed by atoms with E-state index in [1.165, 1.54) is 38.5 Å². The molecule has 84 valence electrons. The Morgan fingerprint density at radius 1 is 1.00 bits per heavy atom. The third-order valence-electron chi connectivity index (χ3n) is 2.64. The van der Waals surface area contributed by atoms with Gasteiger partial charge in [0.05, 0.1) is 0 Å². The Hall–Kier alpha value is -0.260. The maximum atomic E-state index is 2.40. The molecular weight excluding hydrogens is 168 g/mol. The molecule has 0 heteroatoms. The molecule has 0 heterocycles. The highest BCUT2D eigenvalue weighted by Crippen LogP contribution is 2.12. The van der Waals surface area contributed by atoms with Crippen molar-refractivity contribution < 1.29 is 0 Å². The van der Waals surface area contributed by atoms with Gasteiger partial charge in [-0.25, -0.2) is 0 Å². The zero-order valence-electron chi connectivity index (χ0n) is 10.6. The Kier molecular flexibility index (Phi) is 9.13. The van der Waals surface area contributed by atoms with Crippen LogP contribution < -0.4 is 0 Å². The second-order valence-electron chi connectivity index (χ2n) is 4.87. The van der Waals surface area contributed by atoms with Crippen molar-refractivity contribution in [1.82, 2.24) is 0 Å². The Balaban J connectivity index is 3.36. The van der Waals surface area contributed by atoms with Gasteiger partial charge in [0.1, 0.15) is 0 Å². The maximum Gasteiger partial charge on any atom is -0.0262 e. The summed E-state index contributed by atoms with van der Waals surface area (Å²) in [5, 5.41) is 0. The van der Waals surface area contributed by atoms with E-state index in [4.69, 9.17) is 0 Å². The molecule has 0 fully saturated rings. The fourth-order valence-electron chi connectivity index (χ4n) is 1.57. The zero-order valence-corrected chi connectivity index (χ0v) is 10.6. The van der Waals surface area contributed by atoms with Crippen LogP contribution in [0.5, 0.6) is 0 Å². The molecule has 0 saturated heterocycles. The first-order valence-electron chi connectivity index (χ1n) is 6.33. The summed E-state index contributed by atoms with van der Waals surface area (Å²) in [5.74, 6) is 1.63. The lowest BCUT2D eigenvalue weighted by molar-refractivity contribution is 0.568. The molecule has 0 aromatic carbocycles. The molecule has 0 spiro atoms. The largest absolute Gasteiger partial charge is 0.0883 e. The first kappa shape index (κ1) is 13.7. The second-order valence-corrected chi connectivity index (χ2v) is 4.87. The molecule has 14 heavy (non-hydrogen) atoms. The van der Waals surface area contributed by atoms with Gasteiger partial charge in [-0.3, -0.25) is 0 Å². The van der Waals surface area contributed by atoms with E-state index in [1.54, 1.807) is 0 Å². The lowest BCUT2D eigenvalue weighted by Crippen LogP contribution is -1.90. The van der Waals surface area contributed by atoms with Crippen molar-refractivity contribution in [2.45, 2.75) is 66.2 Å². The summed E-state index contributed by atoms with van der Waals surface area (Å²) < 4.78 is 0. The summed E-state index contributed by atoms with van der Waals surface area (Å²) >= 11 is 0. The predicted molar refractivity (Wildman–Crippen MR) is 66.5 cm³/mol. The highest BCUT2D eigenvalue weighted by atomic mass is 14.0. The molecule has 0 bridgehead atoms. The fourth-order valence-corrected chi connectivity index (χ4v) is 1.57. The van der Waals surface area contributed by atoms with E-state index in [-0.39, 0.29) is 0 Å². The average Bonchev–Trinajstić information content (AvgIpc) is 2.13. The highest BCUT2D eigenvalue weighted by molar-refractivity contribution is 4.86. The van der Waals surface area contributed by atoms with E-state index in [0.717, 1.165) is 11.8 Å². The number of unbranched alkanes of at least 4 members (excludes halogenated alkanes) is 2. The van der Waals surface area contributed by atoms with E-state index in [2.05, 4.69) is 39.8 Å². The van der Waals surface area contributed by atoms with Gasteiger partial charge >= 0.3 is 0 Å². The topological polar surface area (TPSA) is 0 Å². The molecule has 1 unspecified atom stereocenters.